The second kappa shape index (κ2) is 5.18. The number of nitrogens with zero attached hydrogens (tertiary/aromatic N) is 2. The number of carbonyl (C=O) groups is 3. The maximum atomic E-state index is 13.3. The quantitative estimate of drug-likeness (QED) is 0.635. The van der Waals surface area contributed by atoms with Crippen molar-refractivity contribution in [2.45, 2.75) is 24.4 Å². The molecule has 6 nitrogen and oxygen atoms in total. The summed E-state index contributed by atoms with van der Waals surface area (Å²) in [5.74, 6) is -1.88. The molecule has 26 heavy (non-hydrogen) atoms. The van der Waals surface area contributed by atoms with Gasteiger partial charge in [0, 0.05) is 28.9 Å². The zero-order valence-corrected chi connectivity index (χ0v) is 14.8. The lowest BCUT2D eigenvalue weighted by molar-refractivity contribution is -0.145. The Bertz CT molecular complexity index is 885. The van der Waals surface area contributed by atoms with Crippen molar-refractivity contribution >= 4 is 35.0 Å². The lowest BCUT2D eigenvalue weighted by atomic mass is 9.75. The fourth-order valence-corrected chi connectivity index (χ4v) is 5.72. The third-order valence-corrected chi connectivity index (χ3v) is 6.59. The fraction of sp³-hybridized carbons (Fsp3) is 0.421. The summed E-state index contributed by atoms with van der Waals surface area (Å²) in [6, 6.07) is 5.16. The number of rotatable bonds is 2. The highest BCUT2D eigenvalue weighted by Gasteiger charge is 2.74. The number of hydrogen-bond donors (Lipinski definition) is 1. The van der Waals surface area contributed by atoms with Gasteiger partial charge in [-0.05, 0) is 37.6 Å². The number of hydrogen-bond acceptors (Lipinski definition) is 4. The molecule has 4 heterocycles. The predicted molar refractivity (Wildman–Crippen MR) is 95.4 cm³/mol. The van der Waals surface area contributed by atoms with Gasteiger partial charge < -0.3 is 5.32 Å². The lowest BCUT2D eigenvalue weighted by Gasteiger charge is -2.36. The maximum Gasteiger partial charge on any atom is 0.250 e. The van der Waals surface area contributed by atoms with Crippen LogP contribution in [0.4, 0.5) is 5.69 Å². The summed E-state index contributed by atoms with van der Waals surface area (Å²) in [6.45, 7) is 4.52. The number of anilines is 1. The van der Waals surface area contributed by atoms with Crippen molar-refractivity contribution in [2.24, 2.45) is 11.8 Å². The number of imide groups is 1. The number of likely N-dealkylation sites (tertiary alicyclic amines) is 1. The summed E-state index contributed by atoms with van der Waals surface area (Å²) in [6.07, 6.45) is 3.27. The molecule has 1 N–H and O–H groups in total. The number of benzene rings is 1. The molecule has 7 heteroatoms. The monoisotopic (exact) mass is 371 g/mol. The van der Waals surface area contributed by atoms with Crippen molar-refractivity contribution in [3.05, 3.63) is 41.4 Å². The van der Waals surface area contributed by atoms with Crippen LogP contribution in [0.25, 0.3) is 0 Å². The summed E-state index contributed by atoms with van der Waals surface area (Å²) < 4.78 is 0. The van der Waals surface area contributed by atoms with E-state index in [2.05, 4.69) is 16.8 Å². The van der Waals surface area contributed by atoms with Crippen molar-refractivity contribution in [1.82, 2.24) is 9.80 Å². The first-order valence-corrected chi connectivity index (χ1v) is 9.24. The van der Waals surface area contributed by atoms with E-state index in [1.54, 1.807) is 24.3 Å². The molecule has 4 unspecified atom stereocenters. The Morgan fingerprint density at radius 2 is 2.12 bits per heavy atom. The molecule has 4 atom stereocenters. The number of fused-ring (bicyclic) bond motifs is 7. The molecular weight excluding hydrogens is 354 g/mol. The van der Waals surface area contributed by atoms with Gasteiger partial charge in [0.15, 0.2) is 0 Å². The summed E-state index contributed by atoms with van der Waals surface area (Å²) in [7, 11) is 0. The highest BCUT2D eigenvalue weighted by Crippen LogP contribution is 2.60. The fourth-order valence-electron chi connectivity index (χ4n) is 5.54. The second-order valence-corrected chi connectivity index (χ2v) is 7.83. The Labute approximate surface area is 155 Å². The second-order valence-electron chi connectivity index (χ2n) is 7.39. The smallest absolute Gasteiger partial charge is 0.250 e. The molecule has 3 fully saturated rings. The number of halogens is 1. The van der Waals surface area contributed by atoms with Crippen LogP contribution in [0.2, 0.25) is 5.02 Å². The molecule has 0 radical (unpaired) electrons. The molecule has 3 amide bonds. The van der Waals surface area contributed by atoms with Crippen molar-refractivity contribution in [3.63, 3.8) is 0 Å². The first kappa shape index (κ1) is 16.0. The van der Waals surface area contributed by atoms with Gasteiger partial charge in [0.05, 0.1) is 11.8 Å². The van der Waals surface area contributed by atoms with Crippen LogP contribution in [0.5, 0.6) is 0 Å². The number of amides is 3. The van der Waals surface area contributed by atoms with Gasteiger partial charge in [0.25, 0.3) is 0 Å². The van der Waals surface area contributed by atoms with Crippen LogP contribution in [0.1, 0.15) is 18.4 Å². The predicted octanol–water partition coefficient (Wildman–Crippen LogP) is 1.75. The largest absolute Gasteiger partial charge is 0.324 e. The van der Waals surface area contributed by atoms with Crippen LogP contribution in [0.3, 0.4) is 0 Å². The SMILES string of the molecule is C=CCN1C(=O)C2C3CCCN3C3(C(=O)Nc4ccc(Cl)cc43)C2C1=O. The van der Waals surface area contributed by atoms with E-state index >= 15 is 0 Å². The number of nitrogens with one attached hydrogen (secondary N) is 1. The van der Waals surface area contributed by atoms with E-state index in [0.29, 0.717) is 17.3 Å². The van der Waals surface area contributed by atoms with Crippen LogP contribution in [-0.2, 0) is 19.9 Å². The van der Waals surface area contributed by atoms with Gasteiger partial charge in [-0.3, -0.25) is 24.2 Å². The summed E-state index contributed by atoms with van der Waals surface area (Å²) in [5.41, 5.74) is 0.249. The Morgan fingerprint density at radius 3 is 2.88 bits per heavy atom. The molecule has 134 valence electrons. The molecule has 1 aromatic rings. The van der Waals surface area contributed by atoms with Crippen LogP contribution >= 0.6 is 11.6 Å². The lowest BCUT2D eigenvalue weighted by Crippen LogP contribution is -2.54. The Balaban J connectivity index is 1.76. The minimum atomic E-state index is -1.14. The molecular formula is C19H18ClN3O3. The molecule has 0 aliphatic carbocycles. The summed E-state index contributed by atoms with van der Waals surface area (Å²) in [4.78, 5) is 42.9. The first-order valence-electron chi connectivity index (χ1n) is 8.86. The van der Waals surface area contributed by atoms with Gasteiger partial charge in [-0.15, -0.1) is 6.58 Å². The van der Waals surface area contributed by atoms with Crippen LogP contribution in [0, 0.1) is 11.8 Å². The molecule has 3 saturated heterocycles. The first-order chi connectivity index (χ1) is 12.5. The molecule has 0 bridgehead atoms. The minimum absolute atomic E-state index is 0.0954. The summed E-state index contributed by atoms with van der Waals surface area (Å²) in [5, 5.41) is 3.44. The van der Waals surface area contributed by atoms with E-state index < -0.39 is 17.4 Å². The average molecular weight is 372 g/mol. The van der Waals surface area contributed by atoms with Gasteiger partial charge >= 0.3 is 0 Å². The Morgan fingerprint density at radius 1 is 1.31 bits per heavy atom. The van der Waals surface area contributed by atoms with Gasteiger partial charge in [-0.2, -0.15) is 0 Å². The van der Waals surface area contributed by atoms with Gasteiger partial charge in [-0.1, -0.05) is 17.7 Å². The third-order valence-electron chi connectivity index (χ3n) is 6.36. The van der Waals surface area contributed by atoms with E-state index in [0.717, 1.165) is 18.4 Å². The van der Waals surface area contributed by atoms with E-state index in [1.807, 2.05) is 0 Å². The van der Waals surface area contributed by atoms with Crippen molar-refractivity contribution in [3.8, 4) is 0 Å². The van der Waals surface area contributed by atoms with E-state index in [9.17, 15) is 14.4 Å². The van der Waals surface area contributed by atoms with Gasteiger partial charge in [-0.25, -0.2) is 0 Å². The Kier molecular flexibility index (Phi) is 3.19. The average Bonchev–Trinajstić information content (AvgIpc) is 3.30. The normalized spacial score (nSPS) is 35.0. The molecule has 4 aliphatic heterocycles. The summed E-state index contributed by atoms with van der Waals surface area (Å²) >= 11 is 6.23. The third kappa shape index (κ3) is 1.65. The molecule has 5 rings (SSSR count). The highest BCUT2D eigenvalue weighted by atomic mass is 35.5. The molecule has 0 aromatic heterocycles. The van der Waals surface area contributed by atoms with Crippen molar-refractivity contribution in [2.75, 3.05) is 18.4 Å². The molecule has 0 saturated carbocycles. The van der Waals surface area contributed by atoms with Crippen molar-refractivity contribution in [1.29, 1.82) is 0 Å². The zero-order valence-electron chi connectivity index (χ0n) is 14.1. The Hall–Kier alpha value is -2.18. The van der Waals surface area contributed by atoms with E-state index in [1.165, 1.54) is 4.90 Å². The van der Waals surface area contributed by atoms with Crippen LogP contribution in [0.15, 0.2) is 30.9 Å². The standard InChI is InChI=1S/C19H18ClN3O3/c1-2-7-22-16(24)14-13-4-3-8-23(13)19(15(14)17(22)25)11-9-10(20)5-6-12(11)21-18(19)26/h2,5-6,9,13-15H,1,3-4,7-8H2,(H,21,26). The van der Waals surface area contributed by atoms with E-state index in [4.69, 9.17) is 11.6 Å². The number of carbonyl (C=O) groups excluding carboxylic acids is 3. The minimum Gasteiger partial charge on any atom is -0.324 e. The van der Waals surface area contributed by atoms with Crippen LogP contribution < -0.4 is 5.32 Å². The van der Waals surface area contributed by atoms with Crippen LogP contribution in [-0.4, -0.2) is 46.7 Å². The molecule has 1 spiro atoms. The maximum absolute atomic E-state index is 13.3. The highest BCUT2D eigenvalue weighted by molar-refractivity contribution is 6.31. The topological polar surface area (TPSA) is 69.7 Å². The van der Waals surface area contributed by atoms with Gasteiger partial charge in [0.2, 0.25) is 17.7 Å². The molecule has 1 aromatic carbocycles. The molecule has 4 aliphatic rings. The van der Waals surface area contributed by atoms with Crippen molar-refractivity contribution < 1.29 is 14.4 Å². The zero-order chi connectivity index (χ0) is 18.2. The van der Waals surface area contributed by atoms with Gasteiger partial charge in [0.1, 0.15) is 5.54 Å². The van der Waals surface area contributed by atoms with E-state index in [-0.39, 0.29) is 30.3 Å².